The van der Waals surface area contributed by atoms with E-state index in [4.69, 9.17) is 9.47 Å². The molecule has 1 amide bonds. The van der Waals surface area contributed by atoms with Crippen molar-refractivity contribution in [3.8, 4) is 11.5 Å². The van der Waals surface area contributed by atoms with Crippen LogP contribution in [-0.4, -0.2) is 27.7 Å². The number of carbonyl (C=O) groups excluding carboxylic acids is 1. The van der Waals surface area contributed by atoms with Crippen molar-refractivity contribution < 1.29 is 19.2 Å². The smallest absolute Gasteiger partial charge is 0.296 e. The zero-order valence-electron chi connectivity index (χ0n) is 14.4. The number of nitrogens with zero attached hydrogens (tertiary/aromatic N) is 3. The third kappa shape index (κ3) is 4.40. The van der Waals surface area contributed by atoms with E-state index in [1.165, 1.54) is 36.1 Å². The molecule has 0 aliphatic carbocycles. The van der Waals surface area contributed by atoms with Crippen LogP contribution in [0, 0.1) is 10.1 Å². The van der Waals surface area contributed by atoms with Gasteiger partial charge in [-0.15, -0.1) is 0 Å². The monoisotopic (exact) mass is 368 g/mol. The zero-order valence-corrected chi connectivity index (χ0v) is 14.4. The molecule has 1 N–H and O–H groups in total. The number of benzene rings is 2. The van der Waals surface area contributed by atoms with E-state index in [1.54, 1.807) is 18.3 Å². The Hall–Kier alpha value is -3.88. The second kappa shape index (κ2) is 8.00. The maximum atomic E-state index is 12.3. The fraction of sp³-hybridized carbons (Fsp3) is 0.111. The third-order valence-electron chi connectivity index (χ3n) is 3.63. The Balaban J connectivity index is 1.68. The van der Waals surface area contributed by atoms with Crippen LogP contribution in [0.15, 0.2) is 60.8 Å². The van der Waals surface area contributed by atoms with Crippen molar-refractivity contribution in [2.24, 2.45) is 0 Å². The van der Waals surface area contributed by atoms with Crippen LogP contribution in [0.5, 0.6) is 11.5 Å². The summed E-state index contributed by atoms with van der Waals surface area (Å²) < 4.78 is 12.0. The summed E-state index contributed by atoms with van der Waals surface area (Å²) in [4.78, 5) is 23.0. The molecule has 0 saturated carbocycles. The first-order valence-corrected chi connectivity index (χ1v) is 7.92. The SMILES string of the molecule is COc1ccc(NC(=O)c2ccn(COc3ccccc3)n2)c([N+](=O)[O-])c1. The fourth-order valence-corrected chi connectivity index (χ4v) is 2.29. The van der Waals surface area contributed by atoms with Crippen LogP contribution in [0.4, 0.5) is 11.4 Å². The topological polar surface area (TPSA) is 109 Å². The Kier molecular flexibility index (Phi) is 5.31. The number of rotatable bonds is 7. The molecule has 2 aromatic carbocycles. The van der Waals surface area contributed by atoms with E-state index < -0.39 is 10.8 Å². The van der Waals surface area contributed by atoms with Gasteiger partial charge in [-0.05, 0) is 30.3 Å². The molecule has 27 heavy (non-hydrogen) atoms. The lowest BCUT2D eigenvalue weighted by Gasteiger charge is -2.07. The number of para-hydroxylation sites is 1. The van der Waals surface area contributed by atoms with E-state index in [9.17, 15) is 14.9 Å². The van der Waals surface area contributed by atoms with E-state index >= 15 is 0 Å². The minimum atomic E-state index is -0.593. The Bertz CT molecular complexity index is 955. The van der Waals surface area contributed by atoms with E-state index in [2.05, 4.69) is 10.4 Å². The number of amides is 1. The molecule has 0 fully saturated rings. The first-order valence-electron chi connectivity index (χ1n) is 7.92. The first kappa shape index (κ1) is 17.9. The summed E-state index contributed by atoms with van der Waals surface area (Å²) in [5.41, 5.74) is -0.104. The van der Waals surface area contributed by atoms with Crippen molar-refractivity contribution >= 4 is 17.3 Å². The maximum absolute atomic E-state index is 12.3. The maximum Gasteiger partial charge on any atom is 0.296 e. The minimum Gasteiger partial charge on any atom is -0.496 e. The van der Waals surface area contributed by atoms with Gasteiger partial charge in [0.2, 0.25) is 0 Å². The highest BCUT2D eigenvalue weighted by Gasteiger charge is 2.19. The van der Waals surface area contributed by atoms with Gasteiger partial charge in [-0.25, -0.2) is 4.68 Å². The molecular formula is C18H16N4O5. The van der Waals surface area contributed by atoms with Crippen LogP contribution >= 0.6 is 0 Å². The van der Waals surface area contributed by atoms with Crippen LogP contribution in [0.25, 0.3) is 0 Å². The van der Waals surface area contributed by atoms with Crippen molar-refractivity contribution in [2.45, 2.75) is 6.73 Å². The van der Waals surface area contributed by atoms with Crippen LogP contribution in [0.3, 0.4) is 0 Å². The molecule has 0 unspecified atom stereocenters. The van der Waals surface area contributed by atoms with Crippen molar-refractivity contribution in [1.29, 1.82) is 0 Å². The Morgan fingerprint density at radius 2 is 1.96 bits per heavy atom. The highest BCUT2D eigenvalue weighted by atomic mass is 16.6. The predicted molar refractivity (Wildman–Crippen MR) is 96.9 cm³/mol. The molecule has 0 bridgehead atoms. The molecule has 9 nitrogen and oxygen atoms in total. The van der Waals surface area contributed by atoms with Crippen LogP contribution in [0.1, 0.15) is 10.5 Å². The van der Waals surface area contributed by atoms with Gasteiger partial charge >= 0.3 is 0 Å². The molecular weight excluding hydrogens is 352 g/mol. The summed E-state index contributed by atoms with van der Waals surface area (Å²) in [7, 11) is 1.40. The number of aromatic nitrogens is 2. The van der Waals surface area contributed by atoms with Gasteiger partial charge in [0.25, 0.3) is 11.6 Å². The van der Waals surface area contributed by atoms with Gasteiger partial charge < -0.3 is 14.8 Å². The molecule has 3 aromatic rings. The molecule has 0 saturated heterocycles. The molecule has 3 rings (SSSR count). The normalized spacial score (nSPS) is 10.3. The average molecular weight is 368 g/mol. The number of nitro benzene ring substituents is 1. The zero-order chi connectivity index (χ0) is 19.2. The second-order valence-corrected chi connectivity index (χ2v) is 5.42. The number of nitrogens with one attached hydrogen (secondary N) is 1. The van der Waals surface area contributed by atoms with Gasteiger partial charge in [-0.3, -0.25) is 14.9 Å². The average Bonchev–Trinajstić information content (AvgIpc) is 3.16. The van der Waals surface area contributed by atoms with Crippen molar-refractivity contribution in [2.75, 3.05) is 12.4 Å². The van der Waals surface area contributed by atoms with E-state index in [-0.39, 0.29) is 23.8 Å². The molecule has 1 aromatic heterocycles. The van der Waals surface area contributed by atoms with E-state index in [0.29, 0.717) is 11.5 Å². The largest absolute Gasteiger partial charge is 0.496 e. The highest BCUT2D eigenvalue weighted by molar-refractivity contribution is 6.04. The molecule has 9 heteroatoms. The van der Waals surface area contributed by atoms with Crippen LogP contribution in [0.2, 0.25) is 0 Å². The molecule has 1 heterocycles. The summed E-state index contributed by atoms with van der Waals surface area (Å²) >= 11 is 0. The van der Waals surface area contributed by atoms with E-state index in [1.807, 2.05) is 18.2 Å². The lowest BCUT2D eigenvalue weighted by molar-refractivity contribution is -0.384. The van der Waals surface area contributed by atoms with Gasteiger partial charge in [-0.2, -0.15) is 5.10 Å². The summed E-state index contributed by atoms with van der Waals surface area (Å²) in [5.74, 6) is 0.427. The number of hydrogen-bond donors (Lipinski definition) is 1. The van der Waals surface area contributed by atoms with Crippen molar-refractivity contribution in [3.63, 3.8) is 0 Å². The second-order valence-electron chi connectivity index (χ2n) is 5.42. The van der Waals surface area contributed by atoms with Crippen molar-refractivity contribution in [1.82, 2.24) is 9.78 Å². The fourth-order valence-electron chi connectivity index (χ4n) is 2.29. The van der Waals surface area contributed by atoms with E-state index in [0.717, 1.165) is 0 Å². The van der Waals surface area contributed by atoms with Crippen molar-refractivity contribution in [3.05, 3.63) is 76.6 Å². The molecule has 138 valence electrons. The molecule has 0 aliphatic heterocycles. The van der Waals surface area contributed by atoms with Gasteiger partial charge in [0.15, 0.2) is 12.4 Å². The standard InChI is InChI=1S/C18H16N4O5/c1-26-14-7-8-15(17(11-14)22(24)25)19-18(23)16-9-10-21(20-16)12-27-13-5-3-2-4-6-13/h2-11H,12H2,1H3,(H,19,23). The lowest BCUT2D eigenvalue weighted by Crippen LogP contribution is -2.15. The summed E-state index contributed by atoms with van der Waals surface area (Å²) in [6.45, 7) is 0.125. The van der Waals surface area contributed by atoms with Gasteiger partial charge in [0, 0.05) is 6.20 Å². The number of carbonyl (C=O) groups is 1. The quantitative estimate of drug-likeness (QED) is 0.507. The Labute approximate surface area is 154 Å². The number of ether oxygens (including phenoxy) is 2. The number of anilines is 1. The lowest BCUT2D eigenvalue weighted by atomic mass is 10.2. The number of hydrogen-bond acceptors (Lipinski definition) is 6. The Morgan fingerprint density at radius 1 is 1.19 bits per heavy atom. The minimum absolute atomic E-state index is 0.0564. The Morgan fingerprint density at radius 3 is 2.67 bits per heavy atom. The first-order chi connectivity index (χ1) is 13.1. The summed E-state index contributed by atoms with van der Waals surface area (Å²) in [6, 6.07) is 14.8. The molecule has 0 radical (unpaired) electrons. The molecule has 0 atom stereocenters. The highest BCUT2D eigenvalue weighted by Crippen LogP contribution is 2.29. The summed E-state index contributed by atoms with van der Waals surface area (Å²) in [6.07, 6.45) is 1.58. The predicted octanol–water partition coefficient (Wildman–Crippen LogP) is 3.09. The van der Waals surface area contributed by atoms with Gasteiger partial charge in [-0.1, -0.05) is 18.2 Å². The van der Waals surface area contributed by atoms with Crippen LogP contribution in [-0.2, 0) is 6.73 Å². The van der Waals surface area contributed by atoms with Gasteiger partial charge in [0.1, 0.15) is 17.2 Å². The van der Waals surface area contributed by atoms with Gasteiger partial charge in [0.05, 0.1) is 18.1 Å². The number of nitro groups is 1. The number of methoxy groups -OCH3 is 1. The third-order valence-corrected chi connectivity index (χ3v) is 3.63. The molecule has 0 aliphatic rings. The molecule has 0 spiro atoms. The summed E-state index contributed by atoms with van der Waals surface area (Å²) in [5, 5.41) is 17.8. The van der Waals surface area contributed by atoms with Crippen LogP contribution < -0.4 is 14.8 Å².